The maximum atomic E-state index is 13.2. The maximum absolute atomic E-state index is 13.2. The van der Waals surface area contributed by atoms with Gasteiger partial charge in [0.1, 0.15) is 6.04 Å². The minimum absolute atomic E-state index is 0.0960. The van der Waals surface area contributed by atoms with Gasteiger partial charge in [-0.05, 0) is 42.2 Å². The number of hydrogen-bond acceptors (Lipinski definition) is 2. The Morgan fingerprint density at radius 2 is 1.69 bits per heavy atom. The van der Waals surface area contributed by atoms with Crippen molar-refractivity contribution in [3.63, 3.8) is 0 Å². The highest BCUT2D eigenvalue weighted by molar-refractivity contribution is 6.04. The van der Waals surface area contributed by atoms with Gasteiger partial charge in [0.15, 0.2) is 0 Å². The molecule has 4 rings (SSSR count). The van der Waals surface area contributed by atoms with Crippen LogP contribution in [0.1, 0.15) is 44.2 Å². The van der Waals surface area contributed by atoms with Crippen LogP contribution in [0.3, 0.4) is 0 Å². The van der Waals surface area contributed by atoms with Crippen molar-refractivity contribution in [2.24, 2.45) is 0 Å². The highest BCUT2D eigenvalue weighted by atomic mass is 16.2. The molecule has 4 heteroatoms. The van der Waals surface area contributed by atoms with Crippen LogP contribution in [0, 0.1) is 13.8 Å². The molecule has 1 heterocycles. The van der Waals surface area contributed by atoms with Crippen LogP contribution >= 0.6 is 0 Å². The lowest BCUT2D eigenvalue weighted by molar-refractivity contribution is -0.125. The molecule has 1 aliphatic heterocycles. The molecule has 3 aromatic carbocycles. The SMILES string of the molecule is Cc1ccc(C)c(CN2C(=O)c3ccccc3C2C(=O)NCc2ccccc2)c1. The Labute approximate surface area is 171 Å². The van der Waals surface area contributed by atoms with E-state index in [4.69, 9.17) is 0 Å². The number of rotatable bonds is 5. The second-order valence-electron chi connectivity index (χ2n) is 7.56. The van der Waals surface area contributed by atoms with E-state index in [-0.39, 0.29) is 11.8 Å². The van der Waals surface area contributed by atoms with Gasteiger partial charge in [-0.3, -0.25) is 9.59 Å². The molecule has 1 aliphatic rings. The van der Waals surface area contributed by atoms with Crippen LogP contribution < -0.4 is 5.32 Å². The fraction of sp³-hybridized carbons (Fsp3) is 0.200. The van der Waals surface area contributed by atoms with Crippen molar-refractivity contribution in [2.45, 2.75) is 33.0 Å². The molecule has 0 bridgehead atoms. The van der Waals surface area contributed by atoms with E-state index in [1.54, 1.807) is 11.0 Å². The standard InChI is InChI=1S/C25H24N2O2/c1-17-12-13-18(2)20(14-17)16-27-23(21-10-6-7-11-22(21)25(27)29)24(28)26-15-19-8-4-3-5-9-19/h3-14,23H,15-16H2,1-2H3,(H,26,28). The highest BCUT2D eigenvalue weighted by Crippen LogP contribution is 2.35. The fourth-order valence-corrected chi connectivity index (χ4v) is 3.85. The molecule has 146 valence electrons. The molecule has 0 aliphatic carbocycles. The van der Waals surface area contributed by atoms with E-state index in [0.717, 1.165) is 27.8 Å². The fourth-order valence-electron chi connectivity index (χ4n) is 3.85. The summed E-state index contributed by atoms with van der Waals surface area (Å²) >= 11 is 0. The molecule has 0 saturated heterocycles. The van der Waals surface area contributed by atoms with Crippen LogP contribution in [0.15, 0.2) is 72.8 Å². The first-order valence-electron chi connectivity index (χ1n) is 9.82. The van der Waals surface area contributed by atoms with E-state index in [2.05, 4.69) is 23.5 Å². The summed E-state index contributed by atoms with van der Waals surface area (Å²) in [5.41, 5.74) is 5.72. The van der Waals surface area contributed by atoms with Crippen molar-refractivity contribution < 1.29 is 9.59 Å². The Hall–Kier alpha value is -3.40. The van der Waals surface area contributed by atoms with Crippen molar-refractivity contribution in [1.29, 1.82) is 0 Å². The summed E-state index contributed by atoms with van der Waals surface area (Å²) in [7, 11) is 0. The molecule has 0 spiro atoms. The minimum atomic E-state index is -0.623. The number of amides is 2. The number of fused-ring (bicyclic) bond motifs is 1. The normalized spacial score (nSPS) is 15.3. The molecule has 29 heavy (non-hydrogen) atoms. The summed E-state index contributed by atoms with van der Waals surface area (Å²) in [6.45, 7) is 4.91. The number of aryl methyl sites for hydroxylation is 2. The summed E-state index contributed by atoms with van der Waals surface area (Å²) in [5, 5.41) is 3.01. The molecule has 0 fully saturated rings. The molecular weight excluding hydrogens is 360 g/mol. The van der Waals surface area contributed by atoms with Gasteiger partial charge >= 0.3 is 0 Å². The van der Waals surface area contributed by atoms with Gasteiger partial charge in [-0.15, -0.1) is 0 Å². The van der Waals surface area contributed by atoms with Gasteiger partial charge in [0.25, 0.3) is 5.91 Å². The summed E-state index contributed by atoms with van der Waals surface area (Å²) in [4.78, 5) is 28.0. The third kappa shape index (κ3) is 3.79. The van der Waals surface area contributed by atoms with Gasteiger partial charge in [-0.1, -0.05) is 72.3 Å². The average molecular weight is 384 g/mol. The summed E-state index contributed by atoms with van der Waals surface area (Å²) in [6.07, 6.45) is 0. The predicted molar refractivity (Wildman–Crippen MR) is 113 cm³/mol. The molecule has 1 N–H and O–H groups in total. The number of nitrogens with zero attached hydrogens (tertiary/aromatic N) is 1. The Morgan fingerprint density at radius 1 is 0.966 bits per heavy atom. The van der Waals surface area contributed by atoms with Gasteiger partial charge in [0.2, 0.25) is 5.91 Å². The first kappa shape index (κ1) is 18.9. The summed E-state index contributed by atoms with van der Waals surface area (Å²) in [5.74, 6) is -0.251. The summed E-state index contributed by atoms with van der Waals surface area (Å²) in [6, 6.07) is 22.8. The van der Waals surface area contributed by atoms with Crippen LogP contribution in [0.2, 0.25) is 0 Å². The lowest BCUT2D eigenvalue weighted by Crippen LogP contribution is -2.38. The minimum Gasteiger partial charge on any atom is -0.350 e. The maximum Gasteiger partial charge on any atom is 0.255 e. The number of nitrogens with one attached hydrogen (secondary N) is 1. The zero-order chi connectivity index (χ0) is 20.4. The van der Waals surface area contributed by atoms with Crippen LogP contribution in [0.4, 0.5) is 0 Å². The Bertz CT molecular complexity index is 1060. The lowest BCUT2D eigenvalue weighted by Gasteiger charge is -2.25. The second-order valence-corrected chi connectivity index (χ2v) is 7.56. The van der Waals surface area contributed by atoms with Crippen LogP contribution in [-0.4, -0.2) is 16.7 Å². The molecule has 4 nitrogen and oxygen atoms in total. The van der Waals surface area contributed by atoms with E-state index >= 15 is 0 Å². The number of carbonyl (C=O) groups is 2. The third-order valence-corrected chi connectivity index (χ3v) is 5.46. The van der Waals surface area contributed by atoms with Crippen molar-refractivity contribution in [3.05, 3.63) is 106 Å². The van der Waals surface area contributed by atoms with E-state index < -0.39 is 6.04 Å². The molecular formula is C25H24N2O2. The van der Waals surface area contributed by atoms with Crippen LogP contribution in [0.5, 0.6) is 0 Å². The Kier molecular flexibility index (Phi) is 5.17. The largest absolute Gasteiger partial charge is 0.350 e. The van der Waals surface area contributed by atoms with Gasteiger partial charge in [-0.2, -0.15) is 0 Å². The number of benzene rings is 3. The first-order valence-corrected chi connectivity index (χ1v) is 9.82. The molecule has 1 atom stereocenters. The Balaban J connectivity index is 1.63. The van der Waals surface area contributed by atoms with E-state index in [9.17, 15) is 9.59 Å². The second kappa shape index (κ2) is 7.92. The van der Waals surface area contributed by atoms with Crippen molar-refractivity contribution in [1.82, 2.24) is 10.2 Å². The monoisotopic (exact) mass is 384 g/mol. The van der Waals surface area contributed by atoms with Gasteiger partial charge in [-0.25, -0.2) is 0 Å². The van der Waals surface area contributed by atoms with E-state index in [0.29, 0.717) is 18.7 Å². The smallest absolute Gasteiger partial charge is 0.255 e. The molecule has 0 saturated carbocycles. The van der Waals surface area contributed by atoms with E-state index in [1.165, 1.54) is 0 Å². The highest BCUT2D eigenvalue weighted by Gasteiger charge is 2.40. The van der Waals surface area contributed by atoms with Gasteiger partial charge in [0, 0.05) is 18.7 Å². The molecule has 3 aromatic rings. The van der Waals surface area contributed by atoms with Crippen molar-refractivity contribution in [2.75, 3.05) is 0 Å². The zero-order valence-corrected chi connectivity index (χ0v) is 16.7. The number of hydrogen-bond donors (Lipinski definition) is 1. The van der Waals surface area contributed by atoms with E-state index in [1.807, 2.05) is 62.4 Å². The topological polar surface area (TPSA) is 49.4 Å². The molecule has 0 aromatic heterocycles. The van der Waals surface area contributed by atoms with Gasteiger partial charge < -0.3 is 10.2 Å². The molecule has 1 unspecified atom stereocenters. The van der Waals surface area contributed by atoms with Crippen molar-refractivity contribution >= 4 is 11.8 Å². The first-order chi connectivity index (χ1) is 14.0. The molecule has 0 radical (unpaired) electrons. The Morgan fingerprint density at radius 3 is 2.48 bits per heavy atom. The average Bonchev–Trinajstić information content (AvgIpc) is 3.02. The van der Waals surface area contributed by atoms with Crippen molar-refractivity contribution in [3.8, 4) is 0 Å². The lowest BCUT2D eigenvalue weighted by atomic mass is 10.0. The predicted octanol–water partition coefficient (Wildman–Crippen LogP) is 4.32. The zero-order valence-electron chi connectivity index (χ0n) is 16.7. The number of carbonyl (C=O) groups excluding carboxylic acids is 2. The molecule has 2 amide bonds. The van der Waals surface area contributed by atoms with Crippen LogP contribution in [0.25, 0.3) is 0 Å². The third-order valence-electron chi connectivity index (χ3n) is 5.46. The van der Waals surface area contributed by atoms with Crippen LogP contribution in [-0.2, 0) is 17.9 Å². The summed E-state index contributed by atoms with van der Waals surface area (Å²) < 4.78 is 0. The van der Waals surface area contributed by atoms with Gasteiger partial charge in [0.05, 0.1) is 0 Å². The quantitative estimate of drug-likeness (QED) is 0.712.